The summed E-state index contributed by atoms with van der Waals surface area (Å²) < 4.78 is 13.2. The van der Waals surface area contributed by atoms with Gasteiger partial charge in [0.15, 0.2) is 5.96 Å². The molecule has 3 nitrogen and oxygen atoms in total. The number of thiophene rings is 1. The molecule has 2 rings (SSSR count). The molecule has 0 aliphatic rings. The van der Waals surface area contributed by atoms with E-state index in [0.29, 0.717) is 12.1 Å². The highest BCUT2D eigenvalue weighted by atomic mass is 32.1. The maximum atomic E-state index is 13.2. The molecule has 2 N–H and O–H groups in total. The van der Waals surface area contributed by atoms with Gasteiger partial charge in [-0.05, 0) is 42.0 Å². The number of benzene rings is 1. The summed E-state index contributed by atoms with van der Waals surface area (Å²) in [6.07, 6.45) is 0.980. The standard InChI is InChI=1S/C16H20FN3S/c1-12-10-13(5-6-15(12)17)11-20-16(18-2)19-8-7-14-4-3-9-21-14/h3-6,9-10H,7-8,11H2,1-2H3,(H2,18,19,20). The van der Waals surface area contributed by atoms with Gasteiger partial charge in [0.1, 0.15) is 5.82 Å². The van der Waals surface area contributed by atoms with E-state index in [2.05, 4.69) is 33.1 Å². The van der Waals surface area contributed by atoms with Gasteiger partial charge in [0.25, 0.3) is 0 Å². The van der Waals surface area contributed by atoms with Crippen molar-refractivity contribution in [1.82, 2.24) is 10.6 Å². The Morgan fingerprint density at radius 3 is 2.81 bits per heavy atom. The predicted molar refractivity (Wildman–Crippen MR) is 87.4 cm³/mol. The van der Waals surface area contributed by atoms with Crippen molar-refractivity contribution < 1.29 is 4.39 Å². The van der Waals surface area contributed by atoms with Crippen molar-refractivity contribution in [2.24, 2.45) is 4.99 Å². The summed E-state index contributed by atoms with van der Waals surface area (Å²) in [4.78, 5) is 5.54. The normalized spacial score (nSPS) is 11.5. The van der Waals surface area contributed by atoms with Crippen LogP contribution in [0.2, 0.25) is 0 Å². The fraction of sp³-hybridized carbons (Fsp3) is 0.312. The molecular weight excluding hydrogens is 285 g/mol. The first kappa shape index (κ1) is 15.5. The minimum Gasteiger partial charge on any atom is -0.356 e. The molecule has 0 bridgehead atoms. The molecule has 1 aromatic carbocycles. The number of aryl methyl sites for hydroxylation is 1. The van der Waals surface area contributed by atoms with E-state index < -0.39 is 0 Å². The fourth-order valence-corrected chi connectivity index (χ4v) is 2.69. The minimum atomic E-state index is -0.169. The van der Waals surface area contributed by atoms with Gasteiger partial charge in [0, 0.05) is 25.0 Å². The van der Waals surface area contributed by atoms with E-state index in [-0.39, 0.29) is 5.82 Å². The first-order chi connectivity index (χ1) is 10.2. The molecule has 1 heterocycles. The zero-order valence-corrected chi connectivity index (χ0v) is 13.1. The van der Waals surface area contributed by atoms with Crippen molar-refractivity contribution in [3.63, 3.8) is 0 Å². The van der Waals surface area contributed by atoms with Gasteiger partial charge in [0.05, 0.1) is 0 Å². The maximum Gasteiger partial charge on any atom is 0.191 e. The first-order valence-electron chi connectivity index (χ1n) is 6.91. The van der Waals surface area contributed by atoms with Crippen molar-refractivity contribution >= 4 is 17.3 Å². The molecular formula is C16H20FN3S. The SMILES string of the molecule is CN=C(NCCc1cccs1)NCc1ccc(F)c(C)c1. The molecule has 5 heteroatoms. The van der Waals surface area contributed by atoms with Crippen LogP contribution < -0.4 is 10.6 Å². The largest absolute Gasteiger partial charge is 0.356 e. The lowest BCUT2D eigenvalue weighted by Crippen LogP contribution is -2.37. The summed E-state index contributed by atoms with van der Waals surface area (Å²) in [7, 11) is 1.75. The average molecular weight is 305 g/mol. The molecule has 0 atom stereocenters. The van der Waals surface area contributed by atoms with E-state index in [1.165, 1.54) is 10.9 Å². The van der Waals surface area contributed by atoms with E-state index in [1.54, 1.807) is 31.4 Å². The second-order valence-electron chi connectivity index (χ2n) is 4.77. The quantitative estimate of drug-likeness (QED) is 0.658. The van der Waals surface area contributed by atoms with E-state index in [9.17, 15) is 4.39 Å². The van der Waals surface area contributed by atoms with Crippen LogP contribution in [0.25, 0.3) is 0 Å². The number of rotatable bonds is 5. The lowest BCUT2D eigenvalue weighted by atomic mass is 10.1. The topological polar surface area (TPSA) is 36.4 Å². The van der Waals surface area contributed by atoms with Crippen molar-refractivity contribution in [2.75, 3.05) is 13.6 Å². The molecule has 0 unspecified atom stereocenters. The van der Waals surface area contributed by atoms with Gasteiger partial charge in [0.2, 0.25) is 0 Å². The molecule has 112 valence electrons. The van der Waals surface area contributed by atoms with Crippen molar-refractivity contribution in [3.05, 3.63) is 57.5 Å². The van der Waals surface area contributed by atoms with Crippen LogP contribution in [0.15, 0.2) is 40.7 Å². The smallest absolute Gasteiger partial charge is 0.191 e. The molecule has 0 saturated heterocycles. The van der Waals surface area contributed by atoms with Crippen molar-refractivity contribution in [2.45, 2.75) is 19.9 Å². The Hall–Kier alpha value is -1.88. The van der Waals surface area contributed by atoms with E-state index in [0.717, 1.165) is 24.5 Å². The second-order valence-corrected chi connectivity index (χ2v) is 5.80. The minimum absolute atomic E-state index is 0.169. The highest BCUT2D eigenvalue weighted by Crippen LogP contribution is 2.09. The third-order valence-corrected chi connectivity index (χ3v) is 4.09. The Balaban J connectivity index is 1.78. The van der Waals surface area contributed by atoms with Crippen LogP contribution in [0.4, 0.5) is 4.39 Å². The van der Waals surface area contributed by atoms with Crippen LogP contribution in [0.1, 0.15) is 16.0 Å². The van der Waals surface area contributed by atoms with Gasteiger partial charge in [-0.1, -0.05) is 18.2 Å². The fourth-order valence-electron chi connectivity index (χ4n) is 1.98. The molecule has 0 aliphatic carbocycles. The van der Waals surface area contributed by atoms with Gasteiger partial charge in [-0.3, -0.25) is 4.99 Å². The molecule has 2 aromatic rings. The van der Waals surface area contributed by atoms with Crippen LogP contribution in [-0.4, -0.2) is 19.6 Å². The monoisotopic (exact) mass is 305 g/mol. The Morgan fingerprint density at radius 1 is 1.29 bits per heavy atom. The summed E-state index contributed by atoms with van der Waals surface area (Å²) in [6.45, 7) is 3.23. The van der Waals surface area contributed by atoms with Gasteiger partial charge in [-0.2, -0.15) is 0 Å². The van der Waals surface area contributed by atoms with Gasteiger partial charge in [-0.15, -0.1) is 11.3 Å². The van der Waals surface area contributed by atoms with E-state index in [1.807, 2.05) is 6.07 Å². The number of hydrogen-bond donors (Lipinski definition) is 2. The van der Waals surface area contributed by atoms with E-state index in [4.69, 9.17) is 0 Å². The Bertz CT molecular complexity index is 594. The van der Waals surface area contributed by atoms with Crippen LogP contribution in [0.5, 0.6) is 0 Å². The van der Waals surface area contributed by atoms with Crippen LogP contribution >= 0.6 is 11.3 Å². The Labute approximate surface area is 128 Å². The summed E-state index contributed by atoms with van der Waals surface area (Å²) in [5, 5.41) is 8.59. The zero-order valence-electron chi connectivity index (χ0n) is 12.3. The predicted octanol–water partition coefficient (Wildman–Crippen LogP) is 3.10. The van der Waals surface area contributed by atoms with Gasteiger partial charge in [-0.25, -0.2) is 4.39 Å². The number of hydrogen-bond acceptors (Lipinski definition) is 2. The average Bonchev–Trinajstić information content (AvgIpc) is 2.99. The number of nitrogens with zero attached hydrogens (tertiary/aromatic N) is 1. The van der Waals surface area contributed by atoms with Crippen LogP contribution in [-0.2, 0) is 13.0 Å². The summed E-state index contributed by atoms with van der Waals surface area (Å²) in [6, 6.07) is 9.32. The lowest BCUT2D eigenvalue weighted by molar-refractivity contribution is 0.617. The molecule has 0 radical (unpaired) electrons. The van der Waals surface area contributed by atoms with Crippen LogP contribution in [0, 0.1) is 12.7 Å². The molecule has 21 heavy (non-hydrogen) atoms. The highest BCUT2D eigenvalue weighted by molar-refractivity contribution is 7.09. The Kier molecular flexibility index (Phi) is 5.75. The number of halogens is 1. The molecule has 0 amide bonds. The third-order valence-electron chi connectivity index (χ3n) is 3.15. The molecule has 0 saturated carbocycles. The summed E-state index contributed by atoms with van der Waals surface area (Å²) >= 11 is 1.76. The molecule has 0 fully saturated rings. The lowest BCUT2D eigenvalue weighted by Gasteiger charge is -2.12. The first-order valence-corrected chi connectivity index (χ1v) is 7.79. The summed E-state index contributed by atoms with van der Waals surface area (Å²) in [5.74, 6) is 0.589. The van der Waals surface area contributed by atoms with Gasteiger partial charge >= 0.3 is 0 Å². The van der Waals surface area contributed by atoms with E-state index >= 15 is 0 Å². The highest BCUT2D eigenvalue weighted by Gasteiger charge is 2.01. The molecule has 1 aromatic heterocycles. The Morgan fingerprint density at radius 2 is 2.14 bits per heavy atom. The number of aliphatic imine (C=N–C) groups is 1. The summed E-state index contributed by atoms with van der Waals surface area (Å²) in [5.41, 5.74) is 1.70. The number of nitrogens with one attached hydrogen (secondary N) is 2. The zero-order chi connectivity index (χ0) is 15.1. The van der Waals surface area contributed by atoms with Crippen molar-refractivity contribution in [3.8, 4) is 0 Å². The number of guanidine groups is 1. The third kappa shape index (κ3) is 4.86. The van der Waals surface area contributed by atoms with Crippen molar-refractivity contribution in [1.29, 1.82) is 0 Å². The second kappa shape index (κ2) is 7.78. The molecule has 0 aliphatic heterocycles. The van der Waals surface area contributed by atoms with Gasteiger partial charge < -0.3 is 10.6 Å². The maximum absolute atomic E-state index is 13.2. The molecule has 0 spiro atoms. The van der Waals surface area contributed by atoms with Crippen LogP contribution in [0.3, 0.4) is 0 Å².